The molecule has 1 rings (SSSR count). The van der Waals surface area contributed by atoms with Crippen molar-refractivity contribution in [2.45, 2.75) is 26.8 Å². The number of hydrogen-bond acceptors (Lipinski definition) is 3. The molecule has 0 fully saturated rings. The minimum atomic E-state index is 0.962. The van der Waals surface area contributed by atoms with Gasteiger partial charge in [0, 0.05) is 25.3 Å². The number of anilines is 1. The van der Waals surface area contributed by atoms with Crippen molar-refractivity contribution in [1.82, 2.24) is 10.2 Å². The predicted molar refractivity (Wildman–Crippen MR) is 84.9 cm³/mol. The summed E-state index contributed by atoms with van der Waals surface area (Å²) < 4.78 is 0. The summed E-state index contributed by atoms with van der Waals surface area (Å²) in [6.07, 6.45) is 1.21. The fourth-order valence-corrected chi connectivity index (χ4v) is 2.14. The molecular weight excluding hydrogens is 234 g/mol. The van der Waals surface area contributed by atoms with E-state index in [1.807, 2.05) is 0 Å². The molecule has 0 radical (unpaired) electrons. The molecule has 0 saturated carbocycles. The Bertz CT molecular complexity index is 332. The molecule has 0 heterocycles. The van der Waals surface area contributed by atoms with E-state index in [1.165, 1.54) is 17.7 Å². The topological polar surface area (TPSA) is 18.5 Å². The fourth-order valence-electron chi connectivity index (χ4n) is 2.14. The molecule has 19 heavy (non-hydrogen) atoms. The molecule has 0 aliphatic heterocycles. The minimum absolute atomic E-state index is 0.962. The van der Waals surface area contributed by atoms with Crippen LogP contribution >= 0.6 is 0 Å². The summed E-state index contributed by atoms with van der Waals surface area (Å²) in [5.74, 6) is 0. The highest BCUT2D eigenvalue weighted by Gasteiger charge is 2.04. The van der Waals surface area contributed by atoms with Crippen molar-refractivity contribution in [2.75, 3.05) is 45.2 Å². The van der Waals surface area contributed by atoms with Gasteiger partial charge in [0.25, 0.3) is 0 Å². The van der Waals surface area contributed by atoms with E-state index in [1.54, 1.807) is 0 Å². The average molecular weight is 263 g/mol. The van der Waals surface area contributed by atoms with Gasteiger partial charge in [0.2, 0.25) is 0 Å². The normalized spacial score (nSPS) is 11.0. The first kappa shape index (κ1) is 16.0. The van der Waals surface area contributed by atoms with Crippen molar-refractivity contribution in [3.63, 3.8) is 0 Å². The van der Waals surface area contributed by atoms with Crippen LogP contribution in [0.4, 0.5) is 5.69 Å². The maximum absolute atomic E-state index is 3.35. The number of nitrogens with one attached hydrogen (secondary N) is 1. The number of benzene rings is 1. The molecule has 0 atom stereocenters. The molecule has 0 spiro atoms. The monoisotopic (exact) mass is 263 g/mol. The van der Waals surface area contributed by atoms with Gasteiger partial charge in [-0.3, -0.25) is 0 Å². The van der Waals surface area contributed by atoms with Crippen molar-refractivity contribution >= 4 is 5.69 Å². The van der Waals surface area contributed by atoms with Crippen molar-refractivity contribution < 1.29 is 0 Å². The molecular formula is C16H29N3. The minimum Gasteiger partial charge on any atom is -0.372 e. The summed E-state index contributed by atoms with van der Waals surface area (Å²) in [6.45, 7) is 9.69. The second kappa shape index (κ2) is 8.94. The molecule has 108 valence electrons. The van der Waals surface area contributed by atoms with Crippen LogP contribution in [0.1, 0.15) is 25.8 Å². The van der Waals surface area contributed by atoms with Gasteiger partial charge in [0.05, 0.1) is 0 Å². The van der Waals surface area contributed by atoms with E-state index in [0.717, 1.165) is 32.7 Å². The van der Waals surface area contributed by atoms with Crippen LogP contribution in [0.5, 0.6) is 0 Å². The number of rotatable bonds is 9. The van der Waals surface area contributed by atoms with Crippen LogP contribution in [0.2, 0.25) is 0 Å². The molecule has 1 aromatic rings. The van der Waals surface area contributed by atoms with Crippen LogP contribution in [0.25, 0.3) is 0 Å². The molecule has 0 saturated heterocycles. The maximum atomic E-state index is 3.35. The Morgan fingerprint density at radius 3 is 2.21 bits per heavy atom. The van der Waals surface area contributed by atoms with E-state index in [4.69, 9.17) is 0 Å². The van der Waals surface area contributed by atoms with Gasteiger partial charge in [-0.25, -0.2) is 0 Å². The largest absolute Gasteiger partial charge is 0.372 e. The molecule has 0 aliphatic rings. The fraction of sp³-hybridized carbons (Fsp3) is 0.625. The lowest BCUT2D eigenvalue weighted by molar-refractivity contribution is 0.400. The molecule has 0 aromatic heterocycles. The van der Waals surface area contributed by atoms with E-state index >= 15 is 0 Å². The zero-order valence-electron chi connectivity index (χ0n) is 12.9. The van der Waals surface area contributed by atoms with Gasteiger partial charge < -0.3 is 15.1 Å². The van der Waals surface area contributed by atoms with Crippen LogP contribution < -0.4 is 10.2 Å². The quantitative estimate of drug-likeness (QED) is 0.739. The Balaban J connectivity index is 2.50. The van der Waals surface area contributed by atoms with Crippen LogP contribution in [-0.4, -0.2) is 45.2 Å². The highest BCUT2D eigenvalue weighted by atomic mass is 15.1. The van der Waals surface area contributed by atoms with E-state index in [0.29, 0.717) is 0 Å². The summed E-state index contributed by atoms with van der Waals surface area (Å²) in [5.41, 5.74) is 2.69. The van der Waals surface area contributed by atoms with Gasteiger partial charge in [0.1, 0.15) is 0 Å². The molecule has 1 aromatic carbocycles. The predicted octanol–water partition coefficient (Wildman–Crippen LogP) is 2.57. The number of nitrogens with zero attached hydrogens (tertiary/aromatic N) is 2. The summed E-state index contributed by atoms with van der Waals surface area (Å²) in [5, 5.41) is 3.35. The van der Waals surface area contributed by atoms with E-state index < -0.39 is 0 Å². The Kier molecular flexibility index (Phi) is 7.53. The third-order valence-electron chi connectivity index (χ3n) is 3.30. The van der Waals surface area contributed by atoms with Gasteiger partial charge in [0.15, 0.2) is 0 Å². The van der Waals surface area contributed by atoms with Crippen LogP contribution in [0.15, 0.2) is 24.3 Å². The van der Waals surface area contributed by atoms with Crippen molar-refractivity contribution in [3.05, 3.63) is 29.8 Å². The van der Waals surface area contributed by atoms with Crippen molar-refractivity contribution in [3.8, 4) is 0 Å². The maximum Gasteiger partial charge on any atom is 0.0366 e. The van der Waals surface area contributed by atoms with Gasteiger partial charge >= 0.3 is 0 Å². The van der Waals surface area contributed by atoms with Crippen LogP contribution in [0, 0.1) is 0 Å². The third kappa shape index (κ3) is 6.08. The molecule has 3 heteroatoms. The Hall–Kier alpha value is -1.06. The van der Waals surface area contributed by atoms with Crippen LogP contribution in [-0.2, 0) is 6.54 Å². The van der Waals surface area contributed by atoms with E-state index in [-0.39, 0.29) is 0 Å². The first-order chi connectivity index (χ1) is 9.17. The summed E-state index contributed by atoms with van der Waals surface area (Å²) in [4.78, 5) is 4.69. The second-order valence-electron chi connectivity index (χ2n) is 5.18. The second-order valence-corrected chi connectivity index (χ2v) is 5.18. The zero-order valence-corrected chi connectivity index (χ0v) is 12.9. The SMILES string of the molecule is CCNCc1ccc(N(CC)CCCN(C)C)cc1. The van der Waals surface area contributed by atoms with Gasteiger partial charge in [-0.1, -0.05) is 19.1 Å². The third-order valence-corrected chi connectivity index (χ3v) is 3.30. The molecule has 0 aliphatic carbocycles. The number of hydrogen-bond donors (Lipinski definition) is 1. The lowest BCUT2D eigenvalue weighted by Gasteiger charge is -2.24. The summed E-state index contributed by atoms with van der Waals surface area (Å²) in [6, 6.07) is 8.94. The molecule has 0 unspecified atom stereocenters. The standard InChI is InChI=1S/C16H29N3/c1-5-17-14-15-8-10-16(11-9-15)19(6-2)13-7-12-18(3)4/h8-11,17H,5-7,12-14H2,1-4H3. The first-order valence-electron chi connectivity index (χ1n) is 7.36. The van der Waals surface area contributed by atoms with E-state index in [9.17, 15) is 0 Å². The lowest BCUT2D eigenvalue weighted by Crippen LogP contribution is -2.27. The van der Waals surface area contributed by atoms with E-state index in [2.05, 4.69) is 67.3 Å². The molecule has 0 bridgehead atoms. The smallest absolute Gasteiger partial charge is 0.0366 e. The van der Waals surface area contributed by atoms with Gasteiger partial charge in [-0.2, -0.15) is 0 Å². The lowest BCUT2D eigenvalue weighted by atomic mass is 10.2. The van der Waals surface area contributed by atoms with Crippen molar-refractivity contribution in [2.24, 2.45) is 0 Å². The Morgan fingerprint density at radius 2 is 1.68 bits per heavy atom. The highest BCUT2D eigenvalue weighted by Crippen LogP contribution is 2.15. The van der Waals surface area contributed by atoms with Crippen LogP contribution in [0.3, 0.4) is 0 Å². The van der Waals surface area contributed by atoms with Gasteiger partial charge in [-0.15, -0.1) is 0 Å². The highest BCUT2D eigenvalue weighted by molar-refractivity contribution is 5.47. The first-order valence-corrected chi connectivity index (χ1v) is 7.36. The molecule has 1 N–H and O–H groups in total. The van der Waals surface area contributed by atoms with Crippen molar-refractivity contribution in [1.29, 1.82) is 0 Å². The zero-order chi connectivity index (χ0) is 14.1. The summed E-state index contributed by atoms with van der Waals surface area (Å²) >= 11 is 0. The van der Waals surface area contributed by atoms with Gasteiger partial charge in [-0.05, 0) is 58.2 Å². The molecule has 0 amide bonds. The average Bonchev–Trinajstić information content (AvgIpc) is 2.42. The Labute approximate surface area is 118 Å². The molecule has 3 nitrogen and oxygen atoms in total. The Morgan fingerprint density at radius 1 is 1.00 bits per heavy atom. The summed E-state index contributed by atoms with van der Waals surface area (Å²) in [7, 11) is 4.26.